The molecule has 0 aliphatic carbocycles. The highest BCUT2D eigenvalue weighted by molar-refractivity contribution is 7.89. The van der Waals surface area contributed by atoms with E-state index in [0.717, 1.165) is 17.5 Å². The normalized spacial score (nSPS) is 12.5. The van der Waals surface area contributed by atoms with Crippen molar-refractivity contribution in [2.45, 2.75) is 17.6 Å². The van der Waals surface area contributed by atoms with E-state index >= 15 is 0 Å². The maximum Gasteiger partial charge on any atom is 0.417 e. The van der Waals surface area contributed by atoms with Crippen LogP contribution in [-0.2, 0) is 22.7 Å². The van der Waals surface area contributed by atoms with Gasteiger partial charge in [0.25, 0.3) is 0 Å². The molecule has 0 atom stereocenters. The summed E-state index contributed by atoms with van der Waals surface area (Å²) in [6, 6.07) is 11.3. The molecule has 0 unspecified atom stereocenters. The molecule has 1 heterocycles. The molecule has 9 heteroatoms. The number of nitrogens with zero attached hydrogens (tertiary/aromatic N) is 1. The van der Waals surface area contributed by atoms with E-state index < -0.39 is 26.7 Å². The van der Waals surface area contributed by atoms with Crippen molar-refractivity contribution < 1.29 is 21.6 Å². The predicted molar refractivity (Wildman–Crippen MR) is 92.2 cm³/mol. The van der Waals surface area contributed by atoms with E-state index in [4.69, 9.17) is 11.6 Å². The fourth-order valence-corrected chi connectivity index (χ4v) is 3.90. The van der Waals surface area contributed by atoms with Gasteiger partial charge < -0.3 is 0 Å². The van der Waals surface area contributed by atoms with Crippen molar-refractivity contribution in [2.75, 3.05) is 0 Å². The standard InChI is InChI=1S/C17H12ClF3N2O2S/c18-13-6-7-15(14(9-13)17(19,20)21)26(24,25)23-10-12-4-1-3-11-5-2-8-22-16(11)12/h1-9,23H,10H2. The number of fused-ring (bicyclic) bond motifs is 1. The van der Waals surface area contributed by atoms with Crippen LogP contribution in [0.1, 0.15) is 11.1 Å². The van der Waals surface area contributed by atoms with Gasteiger partial charge in [0.2, 0.25) is 10.0 Å². The SMILES string of the molecule is O=S(=O)(NCc1cccc2cccnc12)c1ccc(Cl)cc1C(F)(F)F. The summed E-state index contributed by atoms with van der Waals surface area (Å²) in [5.41, 5.74) is -0.187. The Bertz CT molecular complexity index is 1060. The molecule has 136 valence electrons. The van der Waals surface area contributed by atoms with Gasteiger partial charge in [0.1, 0.15) is 0 Å². The molecule has 0 amide bonds. The number of hydrogen-bond donors (Lipinski definition) is 1. The first-order valence-corrected chi connectivity index (χ1v) is 9.23. The Labute approximate surface area is 152 Å². The van der Waals surface area contributed by atoms with Gasteiger partial charge in [-0.1, -0.05) is 35.9 Å². The maximum absolute atomic E-state index is 13.2. The number of alkyl halides is 3. The van der Waals surface area contributed by atoms with E-state index in [9.17, 15) is 21.6 Å². The van der Waals surface area contributed by atoms with Crippen LogP contribution in [0.15, 0.2) is 59.6 Å². The summed E-state index contributed by atoms with van der Waals surface area (Å²) in [7, 11) is -4.41. The lowest BCUT2D eigenvalue weighted by Gasteiger charge is -2.14. The largest absolute Gasteiger partial charge is 0.417 e. The van der Waals surface area contributed by atoms with Crippen LogP contribution in [0.5, 0.6) is 0 Å². The molecule has 0 aliphatic heterocycles. The maximum atomic E-state index is 13.2. The van der Waals surface area contributed by atoms with E-state index in [1.165, 1.54) is 0 Å². The molecule has 2 aromatic carbocycles. The summed E-state index contributed by atoms with van der Waals surface area (Å²) in [6.45, 7) is -0.198. The van der Waals surface area contributed by atoms with Gasteiger partial charge in [0, 0.05) is 23.2 Å². The molecule has 3 aromatic rings. The van der Waals surface area contributed by atoms with Gasteiger partial charge in [0.05, 0.1) is 16.0 Å². The average Bonchev–Trinajstić information content (AvgIpc) is 2.59. The molecule has 0 saturated carbocycles. The first-order valence-electron chi connectivity index (χ1n) is 7.37. The monoisotopic (exact) mass is 400 g/mol. The lowest BCUT2D eigenvalue weighted by molar-refractivity contribution is -0.139. The van der Waals surface area contributed by atoms with Crippen LogP contribution >= 0.6 is 11.6 Å². The van der Waals surface area contributed by atoms with Crippen molar-refractivity contribution in [3.8, 4) is 0 Å². The highest BCUT2D eigenvalue weighted by Crippen LogP contribution is 2.35. The van der Waals surface area contributed by atoms with Gasteiger partial charge in [-0.2, -0.15) is 13.2 Å². The van der Waals surface area contributed by atoms with Crippen LogP contribution in [0.2, 0.25) is 5.02 Å². The number of halogens is 4. The number of para-hydroxylation sites is 1. The molecule has 0 radical (unpaired) electrons. The molecule has 1 aromatic heterocycles. The summed E-state index contributed by atoms with van der Waals surface area (Å²) in [5, 5.41) is 0.598. The first-order chi connectivity index (χ1) is 12.2. The Hall–Kier alpha value is -2.16. The van der Waals surface area contributed by atoms with E-state index in [1.54, 1.807) is 36.5 Å². The molecule has 0 saturated heterocycles. The average molecular weight is 401 g/mol. The Balaban J connectivity index is 1.95. The van der Waals surface area contributed by atoms with Crippen molar-refractivity contribution in [1.29, 1.82) is 0 Å². The van der Waals surface area contributed by atoms with Crippen LogP contribution in [0.3, 0.4) is 0 Å². The summed E-state index contributed by atoms with van der Waals surface area (Å²) < 4.78 is 66.6. The van der Waals surface area contributed by atoms with Gasteiger partial charge in [-0.15, -0.1) is 0 Å². The second-order valence-electron chi connectivity index (χ2n) is 5.46. The van der Waals surface area contributed by atoms with Crippen LogP contribution in [0, 0.1) is 0 Å². The lowest BCUT2D eigenvalue weighted by atomic mass is 10.1. The van der Waals surface area contributed by atoms with E-state index in [1.807, 2.05) is 0 Å². The molecule has 0 aliphatic rings. The van der Waals surface area contributed by atoms with Crippen molar-refractivity contribution >= 4 is 32.5 Å². The molecule has 0 fully saturated rings. The topological polar surface area (TPSA) is 59.1 Å². The number of rotatable bonds is 4. The minimum absolute atomic E-state index is 0.198. The zero-order valence-corrected chi connectivity index (χ0v) is 14.7. The number of hydrogen-bond acceptors (Lipinski definition) is 3. The Morgan fingerprint density at radius 1 is 1.08 bits per heavy atom. The molecule has 1 N–H and O–H groups in total. The van der Waals surface area contributed by atoms with Crippen LogP contribution in [0.25, 0.3) is 10.9 Å². The van der Waals surface area contributed by atoms with Gasteiger partial charge >= 0.3 is 6.18 Å². The summed E-state index contributed by atoms with van der Waals surface area (Å²) in [4.78, 5) is 3.32. The highest BCUT2D eigenvalue weighted by atomic mass is 35.5. The second kappa shape index (κ2) is 6.86. The van der Waals surface area contributed by atoms with Crippen molar-refractivity contribution in [3.63, 3.8) is 0 Å². The number of nitrogens with one attached hydrogen (secondary N) is 1. The van der Waals surface area contributed by atoms with Crippen LogP contribution in [-0.4, -0.2) is 13.4 Å². The third-order valence-electron chi connectivity index (χ3n) is 3.71. The molecular weight excluding hydrogens is 389 g/mol. The highest BCUT2D eigenvalue weighted by Gasteiger charge is 2.37. The fourth-order valence-electron chi connectivity index (χ4n) is 2.52. The summed E-state index contributed by atoms with van der Waals surface area (Å²) in [6.07, 6.45) is -3.29. The van der Waals surface area contributed by atoms with Gasteiger partial charge in [-0.3, -0.25) is 4.98 Å². The molecular formula is C17H12ClF3N2O2S. The van der Waals surface area contributed by atoms with E-state index in [-0.39, 0.29) is 11.6 Å². The smallest absolute Gasteiger partial charge is 0.256 e. The number of pyridine rings is 1. The first kappa shape index (κ1) is 18.6. The molecule has 0 bridgehead atoms. The predicted octanol–water partition coefficient (Wildman–Crippen LogP) is 4.39. The Morgan fingerprint density at radius 3 is 2.54 bits per heavy atom. The Kier molecular flexibility index (Phi) is 4.92. The lowest BCUT2D eigenvalue weighted by Crippen LogP contribution is -2.26. The molecule has 0 spiro atoms. The van der Waals surface area contributed by atoms with Crippen molar-refractivity contribution in [2.24, 2.45) is 0 Å². The molecule has 26 heavy (non-hydrogen) atoms. The molecule has 3 rings (SSSR count). The Morgan fingerprint density at radius 2 is 1.81 bits per heavy atom. The zero-order chi connectivity index (χ0) is 18.9. The van der Waals surface area contributed by atoms with Crippen LogP contribution < -0.4 is 4.72 Å². The minimum atomic E-state index is -4.85. The second-order valence-corrected chi connectivity index (χ2v) is 7.63. The fraction of sp³-hybridized carbons (Fsp3) is 0.118. The summed E-state index contributed by atoms with van der Waals surface area (Å²) >= 11 is 5.59. The van der Waals surface area contributed by atoms with E-state index in [0.29, 0.717) is 17.1 Å². The number of benzene rings is 2. The number of sulfonamides is 1. The van der Waals surface area contributed by atoms with Crippen LogP contribution in [0.4, 0.5) is 13.2 Å². The summed E-state index contributed by atoms with van der Waals surface area (Å²) in [5.74, 6) is 0. The van der Waals surface area contributed by atoms with Gasteiger partial charge in [0.15, 0.2) is 0 Å². The zero-order valence-electron chi connectivity index (χ0n) is 13.1. The molecule has 4 nitrogen and oxygen atoms in total. The van der Waals surface area contributed by atoms with Gasteiger partial charge in [-0.05, 0) is 29.8 Å². The third kappa shape index (κ3) is 3.82. The third-order valence-corrected chi connectivity index (χ3v) is 5.40. The van der Waals surface area contributed by atoms with Gasteiger partial charge in [-0.25, -0.2) is 13.1 Å². The van der Waals surface area contributed by atoms with Crippen molar-refractivity contribution in [3.05, 3.63) is 70.9 Å². The van der Waals surface area contributed by atoms with Crippen molar-refractivity contribution in [1.82, 2.24) is 9.71 Å². The minimum Gasteiger partial charge on any atom is -0.256 e. The quantitative estimate of drug-likeness (QED) is 0.706. The number of aromatic nitrogens is 1. The van der Waals surface area contributed by atoms with E-state index in [2.05, 4.69) is 9.71 Å².